The van der Waals surface area contributed by atoms with Crippen molar-refractivity contribution in [1.29, 1.82) is 0 Å². The Morgan fingerprint density at radius 1 is 1.09 bits per heavy atom. The fraction of sp³-hybridized carbons (Fsp3) is 0.368. The van der Waals surface area contributed by atoms with Gasteiger partial charge in [-0.3, -0.25) is 14.2 Å². The van der Waals surface area contributed by atoms with Crippen molar-refractivity contribution in [3.63, 3.8) is 0 Å². The van der Waals surface area contributed by atoms with Crippen LogP contribution >= 0.6 is 11.6 Å². The maximum absolute atomic E-state index is 15.4. The third-order valence-electron chi connectivity index (χ3n) is 9.48. The van der Waals surface area contributed by atoms with Crippen LogP contribution in [0, 0.1) is 29.4 Å². The van der Waals surface area contributed by atoms with Gasteiger partial charge in [0.2, 0.25) is 5.91 Å². The summed E-state index contributed by atoms with van der Waals surface area (Å²) in [6, 6.07) is 8.27. The zero-order valence-corrected chi connectivity index (χ0v) is 30.2. The number of fused-ring (bicyclic) bond motifs is 4. The molecule has 5 aromatic rings. The molecule has 2 aliphatic rings. The van der Waals surface area contributed by atoms with E-state index < -0.39 is 71.3 Å². The molecule has 3 aromatic heterocycles. The van der Waals surface area contributed by atoms with Gasteiger partial charge in [0.1, 0.15) is 40.9 Å². The van der Waals surface area contributed by atoms with E-state index in [9.17, 15) is 27.5 Å². The van der Waals surface area contributed by atoms with E-state index in [0.717, 1.165) is 12.1 Å². The predicted octanol–water partition coefficient (Wildman–Crippen LogP) is 7.56. The Labute approximate surface area is 310 Å². The number of alkyl halides is 4. The van der Waals surface area contributed by atoms with Crippen LogP contribution in [0.4, 0.5) is 32.2 Å². The highest BCUT2D eigenvalue weighted by Crippen LogP contribution is 2.68. The first-order chi connectivity index (χ1) is 25.5. The van der Waals surface area contributed by atoms with Gasteiger partial charge in [-0.2, -0.15) is 19.0 Å². The molecule has 54 heavy (non-hydrogen) atoms. The molecule has 7 rings (SSSR count). The monoisotopic (exact) mass is 769 g/mol. The average molecular weight is 770 g/mol. The maximum Gasteiger partial charge on any atom is 0.293 e. The summed E-state index contributed by atoms with van der Waals surface area (Å²) in [6.07, 6.45) is -3.34. The normalized spacial score (nSPS) is 17.6. The number of carbonyl (C=O) groups excluding carboxylic acids is 1. The van der Waals surface area contributed by atoms with Crippen molar-refractivity contribution in [2.75, 3.05) is 11.9 Å². The van der Waals surface area contributed by atoms with Gasteiger partial charge in [-0.15, -0.1) is 0 Å². The second kappa shape index (κ2) is 13.7. The molecule has 2 aromatic carbocycles. The van der Waals surface area contributed by atoms with Crippen LogP contribution in [0.3, 0.4) is 0 Å². The summed E-state index contributed by atoms with van der Waals surface area (Å²) >= 11 is 6.67. The van der Waals surface area contributed by atoms with E-state index in [4.69, 9.17) is 16.6 Å². The summed E-state index contributed by atoms with van der Waals surface area (Å²) in [5, 5.41) is 25.6. The van der Waals surface area contributed by atoms with E-state index in [2.05, 4.69) is 32.7 Å². The lowest BCUT2D eigenvalue weighted by Gasteiger charge is -2.23. The van der Waals surface area contributed by atoms with E-state index in [-0.39, 0.29) is 35.4 Å². The first-order valence-electron chi connectivity index (χ1n) is 17.1. The van der Waals surface area contributed by atoms with Crippen molar-refractivity contribution in [1.82, 2.24) is 29.9 Å². The van der Waals surface area contributed by atoms with Crippen LogP contribution in [-0.2, 0) is 30.7 Å². The summed E-state index contributed by atoms with van der Waals surface area (Å²) in [5.41, 5.74) is -1.15. The fourth-order valence-corrected chi connectivity index (χ4v) is 7.52. The molecule has 0 saturated heterocycles. The van der Waals surface area contributed by atoms with Gasteiger partial charge in [-0.25, -0.2) is 22.5 Å². The number of rotatable bonds is 10. The Hall–Kier alpha value is -5.07. The minimum Gasteiger partial charge on any atom is -0.378 e. The van der Waals surface area contributed by atoms with Gasteiger partial charge < -0.3 is 15.7 Å². The molecule has 1 unspecified atom stereocenters. The van der Waals surface area contributed by atoms with Crippen LogP contribution in [0.25, 0.3) is 22.0 Å². The van der Waals surface area contributed by atoms with Gasteiger partial charge in [-0.05, 0) is 81.3 Å². The molecular weight excluding hydrogens is 736 g/mol. The molecule has 282 valence electrons. The molecule has 1 saturated carbocycles. The van der Waals surface area contributed by atoms with E-state index in [1.165, 1.54) is 13.8 Å². The van der Waals surface area contributed by atoms with Crippen molar-refractivity contribution in [3.8, 4) is 23.0 Å². The molecule has 16 heteroatoms. The van der Waals surface area contributed by atoms with Crippen LogP contribution in [0.5, 0.6) is 0 Å². The number of amides is 1. The van der Waals surface area contributed by atoms with Gasteiger partial charge in [-0.1, -0.05) is 23.6 Å². The van der Waals surface area contributed by atoms with Crippen LogP contribution in [-0.4, -0.2) is 47.7 Å². The Balaban J connectivity index is 1.37. The lowest BCUT2D eigenvalue weighted by Crippen LogP contribution is -2.35. The molecule has 9 nitrogen and oxygen atoms in total. The number of carbonyl (C=O) groups is 1. The predicted molar refractivity (Wildman–Crippen MR) is 189 cm³/mol. The number of hydrogen-bond acceptors (Lipinski definition) is 6. The van der Waals surface area contributed by atoms with Crippen molar-refractivity contribution in [3.05, 3.63) is 93.0 Å². The average Bonchev–Trinajstić information content (AvgIpc) is 3.62. The zero-order chi connectivity index (χ0) is 38.9. The quantitative estimate of drug-likeness (QED) is 0.1000. The van der Waals surface area contributed by atoms with E-state index >= 15 is 8.78 Å². The third-order valence-corrected chi connectivity index (χ3v) is 9.80. The number of nitrogens with one attached hydrogen (secondary N) is 2. The summed E-state index contributed by atoms with van der Waals surface area (Å²) in [7, 11) is 1.71. The molecule has 0 radical (unpaired) electrons. The highest BCUT2D eigenvalue weighted by molar-refractivity contribution is 6.37. The van der Waals surface area contributed by atoms with Crippen molar-refractivity contribution in [2.24, 2.45) is 13.0 Å². The molecule has 0 aliphatic heterocycles. The third kappa shape index (κ3) is 6.88. The van der Waals surface area contributed by atoms with Crippen molar-refractivity contribution < 1.29 is 36.2 Å². The van der Waals surface area contributed by atoms with Crippen LogP contribution in [0.2, 0.25) is 5.02 Å². The Bertz CT molecular complexity index is 2360. The lowest BCUT2D eigenvalue weighted by atomic mass is 9.93. The SMILES string of the molecule is CCNc1nn(C)c2c(-c3ccc(C#CC(C)(C)O)nc3[C@H](Cc3cc(F)cc(F)c3)NC(=O)Cn3nc(C(F)F)c4c3C(F)(F)C3C[C@H]43)ccc(Cl)c12. The molecule has 2 aliphatic carbocycles. The molecule has 0 spiro atoms. The number of nitrogens with zero attached hydrogens (tertiary/aromatic N) is 5. The zero-order valence-electron chi connectivity index (χ0n) is 29.4. The number of benzene rings is 2. The van der Waals surface area contributed by atoms with Crippen LogP contribution in [0.1, 0.15) is 79.5 Å². The first kappa shape index (κ1) is 37.3. The van der Waals surface area contributed by atoms with E-state index in [1.54, 1.807) is 36.0 Å². The molecule has 3 N–H and O–H groups in total. The Morgan fingerprint density at radius 2 is 1.80 bits per heavy atom. The Morgan fingerprint density at radius 3 is 2.46 bits per heavy atom. The second-order valence-electron chi connectivity index (χ2n) is 14.0. The minimum absolute atomic E-state index is 0.0512. The van der Waals surface area contributed by atoms with Gasteiger partial charge >= 0.3 is 0 Å². The number of halogens is 7. The molecular formula is C38H34ClF6N7O2. The number of pyridine rings is 1. The lowest BCUT2D eigenvalue weighted by molar-refractivity contribution is -0.123. The summed E-state index contributed by atoms with van der Waals surface area (Å²) in [5.74, 6) is -2.03. The van der Waals surface area contributed by atoms with Crippen LogP contribution in [0.15, 0.2) is 42.5 Å². The number of anilines is 1. The molecule has 1 fully saturated rings. The topological polar surface area (TPSA) is 110 Å². The summed E-state index contributed by atoms with van der Waals surface area (Å²) in [4.78, 5) is 18.7. The Kier molecular flexibility index (Phi) is 9.42. The van der Waals surface area contributed by atoms with Gasteiger partial charge in [0.05, 0.1) is 27.7 Å². The van der Waals surface area contributed by atoms with E-state index in [0.29, 0.717) is 50.2 Å². The minimum atomic E-state index is -3.46. The summed E-state index contributed by atoms with van der Waals surface area (Å²) < 4.78 is 90.0. The van der Waals surface area contributed by atoms with E-state index in [1.807, 2.05) is 6.92 Å². The number of aromatic nitrogens is 5. The van der Waals surface area contributed by atoms with Crippen molar-refractivity contribution >= 4 is 34.2 Å². The highest BCUT2D eigenvalue weighted by Gasteiger charge is 2.67. The van der Waals surface area contributed by atoms with Crippen molar-refractivity contribution in [2.45, 2.75) is 70.1 Å². The van der Waals surface area contributed by atoms with Gasteiger partial charge in [0.25, 0.3) is 12.3 Å². The smallest absolute Gasteiger partial charge is 0.293 e. The standard InChI is InChI=1S/C38H34ClF6N7O2/c1-5-46-36-30-26(39)9-8-23(33(30)51(4)50-36)22-7-6-21(10-11-37(2,3)54)47-31(22)27(14-18-12-19(40)15-20(41)13-18)48-28(53)17-52-34-29(32(49-52)35(42)43)24-16-25(24)38(34,44)45/h6-9,12-13,15,24-25,27,35,54H,5,14,16-17H2,1-4H3,(H,46,50)(H,48,53)/t24-,25?,27-/m0/s1. The number of hydrogen-bond donors (Lipinski definition) is 3. The highest BCUT2D eigenvalue weighted by atomic mass is 35.5. The second-order valence-corrected chi connectivity index (χ2v) is 14.4. The maximum atomic E-state index is 15.4. The summed E-state index contributed by atoms with van der Waals surface area (Å²) in [6.45, 7) is 4.53. The first-order valence-corrected chi connectivity index (χ1v) is 17.5. The molecule has 3 heterocycles. The molecule has 0 bridgehead atoms. The largest absolute Gasteiger partial charge is 0.378 e. The number of aryl methyl sites for hydroxylation is 1. The van der Waals surface area contributed by atoms with Gasteiger partial charge in [0, 0.05) is 42.3 Å². The van der Waals surface area contributed by atoms with Gasteiger partial charge in [0.15, 0.2) is 5.82 Å². The molecule has 3 atom stereocenters. The number of aliphatic hydroxyl groups is 1. The van der Waals surface area contributed by atoms with Crippen LogP contribution < -0.4 is 10.6 Å². The fourth-order valence-electron chi connectivity index (χ4n) is 7.28. The molecule has 1 amide bonds.